The number of methoxy groups -OCH3 is 1. The highest BCUT2D eigenvalue weighted by molar-refractivity contribution is 7.09. The maximum absolute atomic E-state index is 6.39. The number of ether oxygens (including phenoxy) is 2. The van der Waals surface area contributed by atoms with Crippen molar-refractivity contribution in [2.24, 2.45) is 0 Å². The van der Waals surface area contributed by atoms with E-state index in [1.165, 1.54) is 24.1 Å². The fourth-order valence-electron chi connectivity index (χ4n) is 4.31. The summed E-state index contributed by atoms with van der Waals surface area (Å²) in [6.07, 6.45) is 4.57. The first-order chi connectivity index (χ1) is 15.3. The number of para-hydroxylation sites is 2. The molecule has 2 aliphatic rings. The molecule has 3 aromatic rings. The maximum atomic E-state index is 6.39. The lowest BCUT2D eigenvalue weighted by atomic mass is 10.1. The highest BCUT2D eigenvalue weighted by Gasteiger charge is 2.26. The number of hydrogen-bond acceptors (Lipinski definition) is 7. The van der Waals surface area contributed by atoms with E-state index < -0.39 is 0 Å². The second kappa shape index (κ2) is 9.24. The van der Waals surface area contributed by atoms with Crippen LogP contribution in [0.2, 0.25) is 0 Å². The molecule has 0 aliphatic carbocycles. The van der Waals surface area contributed by atoms with Crippen molar-refractivity contribution in [3.05, 3.63) is 57.9 Å². The Balaban J connectivity index is 1.48. The number of thiophene rings is 1. The molecule has 1 aromatic carbocycles. The van der Waals surface area contributed by atoms with E-state index in [9.17, 15) is 0 Å². The van der Waals surface area contributed by atoms with E-state index >= 15 is 0 Å². The van der Waals surface area contributed by atoms with Gasteiger partial charge in [-0.25, -0.2) is 4.98 Å². The molecule has 6 nitrogen and oxygen atoms in total. The standard InChI is InChI=1S/C24H28N4O2S/c1-29-21-9-3-4-10-22(21)30-23-19-17-27(16-18-8-7-15-31-18)14-11-20(19)25-24(26-23)28-12-5-2-6-13-28/h3-4,7-10,15H,2,5-6,11-14,16-17H2,1H3. The molecule has 0 atom stereocenters. The van der Waals surface area contributed by atoms with Crippen molar-refractivity contribution in [2.75, 3.05) is 31.6 Å². The summed E-state index contributed by atoms with van der Waals surface area (Å²) in [4.78, 5) is 16.0. The molecule has 0 spiro atoms. The van der Waals surface area contributed by atoms with Gasteiger partial charge in [0.2, 0.25) is 11.8 Å². The summed E-state index contributed by atoms with van der Waals surface area (Å²) in [6, 6.07) is 12.1. The van der Waals surface area contributed by atoms with Crippen molar-refractivity contribution in [2.45, 2.75) is 38.8 Å². The molecule has 4 heterocycles. The van der Waals surface area contributed by atoms with Gasteiger partial charge in [0.1, 0.15) is 0 Å². The Bertz CT molecular complexity index is 1020. The van der Waals surface area contributed by atoms with Gasteiger partial charge in [-0.05, 0) is 42.8 Å². The van der Waals surface area contributed by atoms with Crippen LogP contribution < -0.4 is 14.4 Å². The number of benzene rings is 1. The number of rotatable bonds is 6. The molecule has 7 heteroatoms. The van der Waals surface area contributed by atoms with E-state index in [0.717, 1.165) is 56.4 Å². The predicted molar refractivity (Wildman–Crippen MR) is 123 cm³/mol. The first-order valence-corrected chi connectivity index (χ1v) is 11.9. The number of anilines is 1. The van der Waals surface area contributed by atoms with Crippen molar-refractivity contribution in [1.82, 2.24) is 14.9 Å². The fraction of sp³-hybridized carbons (Fsp3) is 0.417. The summed E-state index contributed by atoms with van der Waals surface area (Å²) in [5.41, 5.74) is 2.21. The van der Waals surface area contributed by atoms with Crippen LogP contribution in [0.5, 0.6) is 17.4 Å². The van der Waals surface area contributed by atoms with Crippen molar-refractivity contribution in [1.29, 1.82) is 0 Å². The van der Waals surface area contributed by atoms with E-state index in [-0.39, 0.29) is 0 Å². The number of aromatic nitrogens is 2. The highest BCUT2D eigenvalue weighted by atomic mass is 32.1. The summed E-state index contributed by atoms with van der Waals surface area (Å²) < 4.78 is 11.9. The van der Waals surface area contributed by atoms with Gasteiger partial charge >= 0.3 is 0 Å². The van der Waals surface area contributed by atoms with Gasteiger partial charge < -0.3 is 14.4 Å². The van der Waals surface area contributed by atoms with E-state index in [4.69, 9.17) is 19.4 Å². The van der Waals surface area contributed by atoms with Crippen LogP contribution in [0, 0.1) is 0 Å². The van der Waals surface area contributed by atoms with Crippen molar-refractivity contribution < 1.29 is 9.47 Å². The predicted octanol–water partition coefficient (Wildman–Crippen LogP) is 4.89. The lowest BCUT2D eigenvalue weighted by Crippen LogP contribution is -2.34. The lowest BCUT2D eigenvalue weighted by Gasteiger charge is -2.31. The molecule has 1 fully saturated rings. The molecule has 2 aromatic heterocycles. The molecular weight excluding hydrogens is 408 g/mol. The maximum Gasteiger partial charge on any atom is 0.229 e. The number of fused-ring (bicyclic) bond motifs is 1. The van der Waals surface area contributed by atoms with Crippen LogP contribution in [0.4, 0.5) is 5.95 Å². The Labute approximate surface area is 187 Å². The van der Waals surface area contributed by atoms with Gasteiger partial charge in [0, 0.05) is 44.0 Å². The van der Waals surface area contributed by atoms with Crippen LogP contribution in [0.1, 0.15) is 35.4 Å². The molecule has 5 rings (SSSR count). The Hall–Kier alpha value is -2.64. The Morgan fingerprint density at radius 3 is 2.58 bits per heavy atom. The fourth-order valence-corrected chi connectivity index (χ4v) is 5.06. The van der Waals surface area contributed by atoms with Gasteiger partial charge in [-0.2, -0.15) is 4.98 Å². The topological polar surface area (TPSA) is 50.7 Å². The highest BCUT2D eigenvalue weighted by Crippen LogP contribution is 2.36. The average Bonchev–Trinajstić information content (AvgIpc) is 3.33. The summed E-state index contributed by atoms with van der Waals surface area (Å²) in [6.45, 7) is 4.75. The third-order valence-electron chi connectivity index (χ3n) is 5.96. The van der Waals surface area contributed by atoms with E-state index in [1.807, 2.05) is 24.3 Å². The Morgan fingerprint density at radius 1 is 0.968 bits per heavy atom. The van der Waals surface area contributed by atoms with Crippen LogP contribution in [-0.2, 0) is 19.5 Å². The molecule has 162 valence electrons. The number of piperidine rings is 1. The van der Waals surface area contributed by atoms with E-state index in [2.05, 4.69) is 27.3 Å². The zero-order valence-corrected chi connectivity index (χ0v) is 18.7. The van der Waals surface area contributed by atoms with Crippen LogP contribution in [-0.4, -0.2) is 41.6 Å². The van der Waals surface area contributed by atoms with Gasteiger partial charge in [-0.1, -0.05) is 18.2 Å². The van der Waals surface area contributed by atoms with Crippen molar-refractivity contribution in [3.63, 3.8) is 0 Å². The summed E-state index contributed by atoms with van der Waals surface area (Å²) >= 11 is 1.80. The molecule has 0 unspecified atom stereocenters. The summed E-state index contributed by atoms with van der Waals surface area (Å²) in [5, 5.41) is 2.14. The molecule has 0 bridgehead atoms. The monoisotopic (exact) mass is 436 g/mol. The second-order valence-electron chi connectivity index (χ2n) is 8.09. The third kappa shape index (κ3) is 4.52. The minimum atomic E-state index is 0.658. The number of hydrogen-bond donors (Lipinski definition) is 0. The molecule has 2 aliphatic heterocycles. The molecular formula is C24H28N4O2S. The normalized spacial score (nSPS) is 16.7. The molecule has 1 saturated heterocycles. The van der Waals surface area contributed by atoms with Gasteiger partial charge in [0.25, 0.3) is 0 Å². The van der Waals surface area contributed by atoms with Crippen LogP contribution in [0.3, 0.4) is 0 Å². The number of nitrogens with zero attached hydrogens (tertiary/aromatic N) is 4. The smallest absolute Gasteiger partial charge is 0.229 e. The first kappa shape index (κ1) is 20.3. The minimum Gasteiger partial charge on any atom is -0.493 e. The largest absolute Gasteiger partial charge is 0.493 e. The van der Waals surface area contributed by atoms with E-state index in [0.29, 0.717) is 17.4 Å². The zero-order valence-electron chi connectivity index (χ0n) is 17.9. The van der Waals surface area contributed by atoms with Crippen LogP contribution in [0.25, 0.3) is 0 Å². The lowest BCUT2D eigenvalue weighted by molar-refractivity contribution is 0.239. The minimum absolute atomic E-state index is 0.658. The summed E-state index contributed by atoms with van der Waals surface area (Å²) in [7, 11) is 1.67. The van der Waals surface area contributed by atoms with Gasteiger partial charge in [0.15, 0.2) is 11.5 Å². The van der Waals surface area contributed by atoms with Crippen LogP contribution >= 0.6 is 11.3 Å². The molecule has 0 amide bonds. The van der Waals surface area contributed by atoms with Crippen molar-refractivity contribution in [3.8, 4) is 17.4 Å². The van der Waals surface area contributed by atoms with Crippen molar-refractivity contribution >= 4 is 17.3 Å². The summed E-state index contributed by atoms with van der Waals surface area (Å²) in [5.74, 6) is 2.85. The SMILES string of the molecule is COc1ccccc1Oc1nc(N2CCCCC2)nc2c1CN(Cc1cccs1)CC2. The molecule has 0 radical (unpaired) electrons. The molecule has 0 saturated carbocycles. The van der Waals surface area contributed by atoms with Gasteiger partial charge in [-0.3, -0.25) is 4.90 Å². The Kier molecular flexibility index (Phi) is 6.04. The van der Waals surface area contributed by atoms with Gasteiger partial charge in [-0.15, -0.1) is 11.3 Å². The van der Waals surface area contributed by atoms with Gasteiger partial charge in [0.05, 0.1) is 18.4 Å². The quantitative estimate of drug-likeness (QED) is 0.549. The second-order valence-corrected chi connectivity index (χ2v) is 9.13. The molecule has 31 heavy (non-hydrogen) atoms. The van der Waals surface area contributed by atoms with E-state index in [1.54, 1.807) is 18.4 Å². The first-order valence-electron chi connectivity index (χ1n) is 11.0. The third-order valence-corrected chi connectivity index (χ3v) is 6.82. The zero-order chi connectivity index (χ0) is 21.0. The van der Waals surface area contributed by atoms with Crippen LogP contribution in [0.15, 0.2) is 41.8 Å². The Morgan fingerprint density at radius 2 is 1.81 bits per heavy atom. The average molecular weight is 437 g/mol. The molecule has 0 N–H and O–H groups in total.